The van der Waals surface area contributed by atoms with Crippen LogP contribution < -0.4 is 5.32 Å². The first-order valence-electron chi connectivity index (χ1n) is 13.4. The Hall–Kier alpha value is -2.45. The third kappa shape index (κ3) is 3.76. The average Bonchev–Trinajstić information content (AvgIpc) is 3.47. The van der Waals surface area contributed by atoms with E-state index in [1.165, 1.54) is 6.42 Å². The molecule has 1 aromatic carbocycles. The summed E-state index contributed by atoms with van der Waals surface area (Å²) in [6.45, 7) is 11.2. The zero-order valence-electron chi connectivity index (χ0n) is 21.9. The van der Waals surface area contributed by atoms with Crippen molar-refractivity contribution >= 4 is 29.6 Å². The van der Waals surface area contributed by atoms with E-state index in [0.29, 0.717) is 24.2 Å². The van der Waals surface area contributed by atoms with Gasteiger partial charge in [0.05, 0.1) is 28.9 Å². The molecule has 1 saturated heterocycles. The Morgan fingerprint density at radius 2 is 2.00 bits per heavy atom. The van der Waals surface area contributed by atoms with E-state index >= 15 is 0 Å². The predicted octanol–water partition coefficient (Wildman–Crippen LogP) is 4.53. The Labute approximate surface area is 213 Å². The second-order valence-corrected chi connectivity index (χ2v) is 12.3. The van der Waals surface area contributed by atoms with E-state index < -0.39 is 13.2 Å². The number of hydrogen-bond acceptors (Lipinski definition) is 6. The molecular weight excluding hydrogens is 453 g/mol. The van der Waals surface area contributed by atoms with Crippen LogP contribution in [0.1, 0.15) is 65.9 Å². The lowest BCUT2D eigenvalue weighted by Crippen LogP contribution is -2.65. The summed E-state index contributed by atoms with van der Waals surface area (Å²) in [7, 11) is -0.451. The van der Waals surface area contributed by atoms with Crippen molar-refractivity contribution in [2.75, 3.05) is 0 Å². The molecule has 0 radical (unpaired) electrons. The molecular formula is C28H36BN3O4. The van der Waals surface area contributed by atoms with Gasteiger partial charge in [0.1, 0.15) is 0 Å². The average molecular weight is 489 g/mol. The highest BCUT2D eigenvalue weighted by Gasteiger charge is 2.68. The Bertz CT molecular complexity index is 1210. The molecule has 3 heterocycles. The first kappa shape index (κ1) is 23.9. The molecule has 0 spiro atoms. The Morgan fingerprint density at radius 1 is 1.19 bits per heavy atom. The van der Waals surface area contributed by atoms with Gasteiger partial charge in [0.15, 0.2) is 0 Å². The van der Waals surface area contributed by atoms with Gasteiger partial charge in [0.25, 0.3) is 5.91 Å². The number of pyridine rings is 1. The SMILES string of the molecule is CC(C)C[C@H](NC(=O)C1CC(c2ccnc3ccccc23)=NO1)B1O[C@@H]2C[C@@H]3C[C@@H](C3(C)C)[C@]2(C)O1. The van der Waals surface area contributed by atoms with Crippen LogP contribution in [0.4, 0.5) is 0 Å². The third-order valence-electron chi connectivity index (χ3n) is 9.27. The molecule has 1 amide bonds. The molecule has 3 saturated carbocycles. The number of oxime groups is 1. The normalized spacial score (nSPS) is 33.1. The van der Waals surface area contributed by atoms with Crippen LogP contribution in [0, 0.1) is 23.2 Å². The summed E-state index contributed by atoms with van der Waals surface area (Å²) < 4.78 is 13.2. The zero-order chi connectivity index (χ0) is 25.2. The molecule has 190 valence electrons. The van der Waals surface area contributed by atoms with Crippen molar-refractivity contribution in [3.8, 4) is 0 Å². The number of nitrogens with one attached hydrogen (secondary N) is 1. The molecule has 7 nitrogen and oxygen atoms in total. The molecule has 8 heteroatoms. The summed E-state index contributed by atoms with van der Waals surface area (Å²) in [4.78, 5) is 23.4. The maximum Gasteiger partial charge on any atom is 0.481 e. The van der Waals surface area contributed by atoms with Crippen LogP contribution in [-0.2, 0) is 18.9 Å². The first-order valence-corrected chi connectivity index (χ1v) is 13.4. The maximum absolute atomic E-state index is 13.4. The molecule has 2 bridgehead atoms. The van der Waals surface area contributed by atoms with Crippen LogP contribution in [-0.4, -0.2) is 47.5 Å². The number of hydrogen-bond donors (Lipinski definition) is 1. The van der Waals surface area contributed by atoms with Crippen molar-refractivity contribution in [1.82, 2.24) is 10.3 Å². The highest BCUT2D eigenvalue weighted by molar-refractivity contribution is 6.48. The van der Waals surface area contributed by atoms with Crippen molar-refractivity contribution in [2.45, 2.75) is 84.1 Å². The van der Waals surface area contributed by atoms with Gasteiger partial charge in [-0.3, -0.25) is 9.78 Å². The van der Waals surface area contributed by atoms with E-state index in [9.17, 15) is 4.79 Å². The van der Waals surface area contributed by atoms with E-state index in [1.54, 1.807) is 6.20 Å². The van der Waals surface area contributed by atoms with Crippen LogP contribution in [0.15, 0.2) is 41.7 Å². The van der Waals surface area contributed by atoms with Crippen molar-refractivity contribution in [3.63, 3.8) is 0 Å². The molecule has 3 aliphatic carbocycles. The summed E-state index contributed by atoms with van der Waals surface area (Å²) in [5.74, 6) is 1.14. The van der Waals surface area contributed by atoms with E-state index in [2.05, 4.69) is 50.1 Å². The summed E-state index contributed by atoms with van der Waals surface area (Å²) in [6.07, 6.45) is 4.60. The number of benzene rings is 1. The first-order chi connectivity index (χ1) is 17.2. The minimum absolute atomic E-state index is 0.0866. The fourth-order valence-corrected chi connectivity index (χ4v) is 7.12. The number of rotatable bonds is 6. The van der Waals surface area contributed by atoms with Crippen molar-refractivity contribution in [2.24, 2.45) is 28.3 Å². The van der Waals surface area contributed by atoms with Gasteiger partial charge in [-0.05, 0) is 61.5 Å². The van der Waals surface area contributed by atoms with Gasteiger partial charge in [-0.25, -0.2) is 0 Å². The van der Waals surface area contributed by atoms with E-state index in [-0.39, 0.29) is 29.0 Å². The number of nitrogens with zero attached hydrogens (tertiary/aromatic N) is 2. The number of para-hydroxylation sites is 1. The lowest BCUT2D eigenvalue weighted by atomic mass is 9.43. The van der Waals surface area contributed by atoms with Gasteiger partial charge >= 0.3 is 7.12 Å². The van der Waals surface area contributed by atoms with Gasteiger partial charge in [0.2, 0.25) is 6.10 Å². The van der Waals surface area contributed by atoms with Crippen molar-refractivity contribution in [3.05, 3.63) is 42.1 Å². The number of aromatic nitrogens is 1. The highest BCUT2D eigenvalue weighted by Crippen LogP contribution is 2.65. The third-order valence-corrected chi connectivity index (χ3v) is 9.27. The van der Waals surface area contributed by atoms with Crippen LogP contribution >= 0.6 is 0 Å². The molecule has 2 aromatic rings. The summed E-state index contributed by atoms with van der Waals surface area (Å²) in [5.41, 5.74) is 2.60. The van der Waals surface area contributed by atoms with Crippen LogP contribution in [0.5, 0.6) is 0 Å². The topological polar surface area (TPSA) is 82.0 Å². The number of amides is 1. The zero-order valence-corrected chi connectivity index (χ0v) is 21.9. The monoisotopic (exact) mass is 489 g/mol. The molecule has 1 unspecified atom stereocenters. The lowest BCUT2D eigenvalue weighted by Gasteiger charge is -2.64. The van der Waals surface area contributed by atoms with Gasteiger partial charge in [-0.2, -0.15) is 0 Å². The minimum Gasteiger partial charge on any atom is -0.404 e. The van der Waals surface area contributed by atoms with Gasteiger partial charge in [-0.15, -0.1) is 0 Å². The molecule has 6 atom stereocenters. The van der Waals surface area contributed by atoms with Crippen molar-refractivity contribution < 1.29 is 18.9 Å². The van der Waals surface area contributed by atoms with E-state index in [0.717, 1.165) is 35.0 Å². The van der Waals surface area contributed by atoms with Crippen LogP contribution in [0.2, 0.25) is 0 Å². The molecule has 2 aliphatic heterocycles. The summed E-state index contributed by atoms with van der Waals surface area (Å²) >= 11 is 0. The summed E-state index contributed by atoms with van der Waals surface area (Å²) in [6, 6.07) is 9.87. The highest BCUT2D eigenvalue weighted by atomic mass is 16.7. The second kappa shape index (κ2) is 8.56. The predicted molar refractivity (Wildman–Crippen MR) is 139 cm³/mol. The quantitative estimate of drug-likeness (QED) is 0.604. The molecule has 36 heavy (non-hydrogen) atoms. The molecule has 1 aromatic heterocycles. The van der Waals surface area contributed by atoms with Gasteiger partial charge < -0.3 is 19.5 Å². The van der Waals surface area contributed by atoms with Crippen LogP contribution in [0.3, 0.4) is 0 Å². The summed E-state index contributed by atoms with van der Waals surface area (Å²) in [5, 5.41) is 8.51. The van der Waals surface area contributed by atoms with E-state index in [1.807, 2.05) is 30.3 Å². The lowest BCUT2D eigenvalue weighted by molar-refractivity contribution is -0.199. The Kier molecular flexibility index (Phi) is 5.69. The van der Waals surface area contributed by atoms with Gasteiger partial charge in [0, 0.05) is 23.6 Å². The fourth-order valence-electron chi connectivity index (χ4n) is 7.12. The minimum atomic E-state index is -0.674. The van der Waals surface area contributed by atoms with Crippen LogP contribution in [0.25, 0.3) is 10.9 Å². The van der Waals surface area contributed by atoms with Gasteiger partial charge in [-0.1, -0.05) is 51.0 Å². The number of carbonyl (C=O) groups is 1. The Morgan fingerprint density at radius 3 is 2.78 bits per heavy atom. The maximum atomic E-state index is 13.4. The fraction of sp³-hybridized carbons (Fsp3) is 0.607. The second-order valence-electron chi connectivity index (χ2n) is 12.3. The molecule has 7 rings (SSSR count). The molecule has 1 N–H and O–H groups in total. The molecule has 4 fully saturated rings. The number of fused-ring (bicyclic) bond motifs is 1. The van der Waals surface area contributed by atoms with E-state index in [4.69, 9.17) is 14.1 Å². The largest absolute Gasteiger partial charge is 0.481 e. The van der Waals surface area contributed by atoms with Crippen molar-refractivity contribution in [1.29, 1.82) is 0 Å². The number of carbonyl (C=O) groups excluding carboxylic acids is 1. The standard InChI is InChI=1S/C28H36BN3O4/c1-16(2)12-25(29-34-24-14-17-13-23(27(17,3)4)28(24,5)36-29)31-26(33)22-15-21(32-35-22)19-10-11-30-20-9-7-6-8-18(19)20/h6-11,16-17,22-25H,12-15H2,1-5H3,(H,31,33)/t17-,22?,23-,24+,25-,28-/m0/s1. The molecule has 5 aliphatic rings. The Balaban J connectivity index is 1.15. The smallest absolute Gasteiger partial charge is 0.404 e.